The van der Waals surface area contributed by atoms with Crippen molar-refractivity contribution in [3.05, 3.63) is 65.3 Å². The summed E-state index contributed by atoms with van der Waals surface area (Å²) in [5.74, 6) is -0.647. The van der Waals surface area contributed by atoms with E-state index in [-0.39, 0.29) is 12.1 Å². The molecule has 0 saturated carbocycles. The molecular weight excluding hydrogens is 483 g/mol. The minimum atomic E-state index is -5.55. The number of nitrogens with zero attached hydrogens (tertiary/aromatic N) is 2. The van der Waals surface area contributed by atoms with Gasteiger partial charge in [0.2, 0.25) is 0 Å². The summed E-state index contributed by atoms with van der Waals surface area (Å²) >= 11 is 6.19. The van der Waals surface area contributed by atoms with Gasteiger partial charge in [-0.1, -0.05) is 23.7 Å². The SMILES string of the molecule is CC1(Cc2ccnc3c(Cl)cccc23)NC(=O)N(c2ccc(S(=O)(=O)C(F)(F)F)cc2)C1=O. The molecule has 172 valence electrons. The zero-order valence-electron chi connectivity index (χ0n) is 16.9. The number of rotatable bonds is 4. The average Bonchev–Trinajstić information content (AvgIpc) is 2.96. The number of amides is 3. The lowest BCUT2D eigenvalue weighted by Gasteiger charge is -2.22. The molecule has 4 rings (SSSR count). The molecule has 3 aromatic rings. The van der Waals surface area contributed by atoms with Crippen molar-refractivity contribution in [1.82, 2.24) is 10.3 Å². The van der Waals surface area contributed by atoms with E-state index in [1.165, 1.54) is 13.1 Å². The molecule has 0 radical (unpaired) electrons. The van der Waals surface area contributed by atoms with Crippen LogP contribution in [0.4, 0.5) is 23.7 Å². The lowest BCUT2D eigenvalue weighted by molar-refractivity contribution is -0.121. The molecule has 0 spiro atoms. The fourth-order valence-corrected chi connectivity index (χ4v) is 4.66. The van der Waals surface area contributed by atoms with E-state index in [0.717, 1.165) is 17.0 Å². The van der Waals surface area contributed by atoms with Gasteiger partial charge < -0.3 is 5.32 Å². The molecule has 1 unspecified atom stereocenters. The summed E-state index contributed by atoms with van der Waals surface area (Å²) in [6.07, 6.45) is 1.62. The van der Waals surface area contributed by atoms with Crippen LogP contribution in [0.25, 0.3) is 10.9 Å². The van der Waals surface area contributed by atoms with Crippen molar-refractivity contribution in [3.8, 4) is 0 Å². The minimum absolute atomic E-state index is 0.0648. The van der Waals surface area contributed by atoms with Crippen molar-refractivity contribution < 1.29 is 31.2 Å². The van der Waals surface area contributed by atoms with Crippen molar-refractivity contribution in [2.24, 2.45) is 0 Å². The van der Waals surface area contributed by atoms with Crippen LogP contribution in [0.5, 0.6) is 0 Å². The summed E-state index contributed by atoms with van der Waals surface area (Å²) in [6.45, 7) is 1.52. The van der Waals surface area contributed by atoms with E-state index < -0.39 is 37.7 Å². The van der Waals surface area contributed by atoms with Crippen LogP contribution in [0.3, 0.4) is 0 Å². The molecule has 3 amide bonds. The van der Waals surface area contributed by atoms with Crippen molar-refractivity contribution in [2.75, 3.05) is 4.90 Å². The molecule has 7 nitrogen and oxygen atoms in total. The first-order valence-corrected chi connectivity index (χ1v) is 11.3. The van der Waals surface area contributed by atoms with Gasteiger partial charge in [0, 0.05) is 18.0 Å². The molecule has 12 heteroatoms. The van der Waals surface area contributed by atoms with Gasteiger partial charge >= 0.3 is 11.5 Å². The smallest absolute Gasteiger partial charge is 0.323 e. The van der Waals surface area contributed by atoms with E-state index in [1.807, 2.05) is 0 Å². The number of aromatic nitrogens is 1. The second-order valence-corrected chi connectivity index (χ2v) is 9.98. The number of carbonyl (C=O) groups excluding carboxylic acids is 2. The molecule has 1 fully saturated rings. The van der Waals surface area contributed by atoms with Gasteiger partial charge in [-0.3, -0.25) is 9.78 Å². The lowest BCUT2D eigenvalue weighted by atomic mass is 9.91. The van der Waals surface area contributed by atoms with Crippen LogP contribution in [0, 0.1) is 0 Å². The highest BCUT2D eigenvalue weighted by atomic mass is 35.5. The minimum Gasteiger partial charge on any atom is -0.323 e. The van der Waals surface area contributed by atoms with E-state index >= 15 is 0 Å². The van der Waals surface area contributed by atoms with Crippen LogP contribution in [-0.2, 0) is 21.1 Å². The van der Waals surface area contributed by atoms with E-state index in [9.17, 15) is 31.2 Å². The number of hydrogen-bond acceptors (Lipinski definition) is 5. The second-order valence-electron chi connectivity index (χ2n) is 7.63. The molecule has 2 aromatic carbocycles. The number of para-hydroxylation sites is 1. The topological polar surface area (TPSA) is 96.4 Å². The Labute approximate surface area is 191 Å². The number of pyridine rings is 1. The van der Waals surface area contributed by atoms with Crippen LogP contribution in [0.1, 0.15) is 12.5 Å². The van der Waals surface area contributed by atoms with Crippen LogP contribution in [0.2, 0.25) is 5.02 Å². The average molecular weight is 498 g/mol. The number of anilines is 1. The van der Waals surface area contributed by atoms with Gasteiger partial charge in [-0.2, -0.15) is 13.2 Å². The molecule has 1 N–H and O–H groups in total. The standard InChI is InChI=1S/C21H15ClF3N3O4S/c1-20(11-12-9-10-26-17-15(12)3-2-4-16(17)22)18(29)28(19(30)27-20)13-5-7-14(8-6-13)33(31,32)21(23,24)25/h2-10H,11H2,1H3,(H,27,30). The summed E-state index contributed by atoms with van der Waals surface area (Å²) in [5.41, 5.74) is -5.67. The number of benzene rings is 2. The Bertz CT molecular complexity index is 1390. The second kappa shape index (κ2) is 7.70. The molecule has 1 saturated heterocycles. The van der Waals surface area contributed by atoms with E-state index in [0.29, 0.717) is 33.6 Å². The molecule has 33 heavy (non-hydrogen) atoms. The zero-order chi connectivity index (χ0) is 24.2. The summed E-state index contributed by atoms with van der Waals surface area (Å²) in [7, 11) is -5.55. The first kappa shape index (κ1) is 23.0. The van der Waals surface area contributed by atoms with Gasteiger partial charge in [-0.05, 0) is 48.9 Å². The van der Waals surface area contributed by atoms with Crippen LogP contribution in [0.15, 0.2) is 59.6 Å². The highest BCUT2D eigenvalue weighted by Gasteiger charge is 2.49. The maximum absolute atomic E-state index is 13.2. The maximum atomic E-state index is 13.2. The molecule has 1 aliphatic heterocycles. The van der Waals surface area contributed by atoms with Crippen molar-refractivity contribution in [1.29, 1.82) is 0 Å². The first-order chi connectivity index (χ1) is 15.3. The van der Waals surface area contributed by atoms with Gasteiger partial charge in [0.1, 0.15) is 5.54 Å². The third-order valence-electron chi connectivity index (χ3n) is 5.33. The Balaban J connectivity index is 1.65. The van der Waals surface area contributed by atoms with Crippen molar-refractivity contribution >= 4 is 50.0 Å². The normalized spacial score (nSPS) is 19.2. The summed E-state index contributed by atoms with van der Waals surface area (Å²) in [5, 5.41) is 3.74. The third kappa shape index (κ3) is 3.80. The molecule has 0 aliphatic carbocycles. The number of nitrogens with one attached hydrogen (secondary N) is 1. The number of alkyl halides is 3. The predicted octanol–water partition coefficient (Wildman–Crippen LogP) is 4.24. The van der Waals surface area contributed by atoms with Crippen LogP contribution < -0.4 is 10.2 Å². The fraction of sp³-hybridized carbons (Fsp3) is 0.190. The largest absolute Gasteiger partial charge is 0.501 e. The Hall–Kier alpha value is -3.18. The number of hydrogen-bond donors (Lipinski definition) is 1. The van der Waals surface area contributed by atoms with E-state index in [2.05, 4.69) is 10.3 Å². The monoisotopic (exact) mass is 497 g/mol. The Morgan fingerprint density at radius 1 is 1.09 bits per heavy atom. The molecule has 2 heterocycles. The van der Waals surface area contributed by atoms with E-state index in [4.69, 9.17) is 11.6 Å². The quantitative estimate of drug-likeness (QED) is 0.544. The fourth-order valence-electron chi connectivity index (χ4n) is 3.68. The van der Waals surface area contributed by atoms with Gasteiger partial charge in [-0.15, -0.1) is 0 Å². The Morgan fingerprint density at radius 3 is 2.39 bits per heavy atom. The molecular formula is C21H15ClF3N3O4S. The molecule has 0 bridgehead atoms. The number of imide groups is 1. The number of carbonyl (C=O) groups is 2. The third-order valence-corrected chi connectivity index (χ3v) is 7.13. The van der Waals surface area contributed by atoms with Crippen LogP contribution in [-0.4, -0.2) is 36.4 Å². The maximum Gasteiger partial charge on any atom is 0.501 e. The van der Waals surface area contributed by atoms with Crippen molar-refractivity contribution in [3.63, 3.8) is 0 Å². The van der Waals surface area contributed by atoms with Gasteiger partial charge in [-0.25, -0.2) is 18.1 Å². The first-order valence-electron chi connectivity index (χ1n) is 9.45. The molecule has 1 atom stereocenters. The highest BCUT2D eigenvalue weighted by molar-refractivity contribution is 7.92. The van der Waals surface area contributed by atoms with Gasteiger partial charge in [0.25, 0.3) is 15.7 Å². The molecule has 1 aliphatic rings. The zero-order valence-corrected chi connectivity index (χ0v) is 18.4. The number of urea groups is 1. The number of fused-ring (bicyclic) bond motifs is 1. The van der Waals surface area contributed by atoms with Gasteiger partial charge in [0.05, 0.1) is 21.1 Å². The van der Waals surface area contributed by atoms with Crippen molar-refractivity contribution in [2.45, 2.75) is 29.3 Å². The number of halogens is 4. The van der Waals surface area contributed by atoms with E-state index in [1.54, 1.807) is 24.3 Å². The summed E-state index contributed by atoms with van der Waals surface area (Å²) in [6, 6.07) is 9.46. The van der Waals surface area contributed by atoms with Crippen LogP contribution >= 0.6 is 11.6 Å². The lowest BCUT2D eigenvalue weighted by Crippen LogP contribution is -2.46. The number of sulfone groups is 1. The Morgan fingerprint density at radius 2 is 1.76 bits per heavy atom. The molecule has 1 aromatic heterocycles. The van der Waals surface area contributed by atoms with Gasteiger partial charge in [0.15, 0.2) is 0 Å². The Kier molecular flexibility index (Phi) is 5.37. The predicted molar refractivity (Wildman–Crippen MR) is 115 cm³/mol. The summed E-state index contributed by atoms with van der Waals surface area (Å²) < 4.78 is 61.4. The highest BCUT2D eigenvalue weighted by Crippen LogP contribution is 2.34. The summed E-state index contributed by atoms with van der Waals surface area (Å²) in [4.78, 5) is 29.8.